The Bertz CT molecular complexity index is 1120. The zero-order chi connectivity index (χ0) is 21.7. The molecule has 31 heavy (non-hydrogen) atoms. The molecule has 0 spiro atoms. The lowest BCUT2D eigenvalue weighted by Crippen LogP contribution is -2.44. The van der Waals surface area contributed by atoms with Gasteiger partial charge in [0.05, 0.1) is 40.6 Å². The van der Waals surface area contributed by atoms with Crippen LogP contribution in [0.1, 0.15) is 47.9 Å². The van der Waals surface area contributed by atoms with Gasteiger partial charge in [0.1, 0.15) is 0 Å². The Morgan fingerprint density at radius 2 is 1.32 bits per heavy atom. The maximum absolute atomic E-state index is 13.1. The molecular weight excluding hydrogens is 398 g/mol. The van der Waals surface area contributed by atoms with Crippen LogP contribution in [0.25, 0.3) is 0 Å². The van der Waals surface area contributed by atoms with Crippen molar-refractivity contribution in [3.8, 4) is 0 Å². The number of aliphatic hydroxyl groups is 1. The summed E-state index contributed by atoms with van der Waals surface area (Å²) >= 11 is 0. The number of rotatable bonds is 3. The zero-order valence-corrected chi connectivity index (χ0v) is 16.5. The van der Waals surface area contributed by atoms with Crippen LogP contribution in [0.5, 0.6) is 0 Å². The van der Waals surface area contributed by atoms with Gasteiger partial charge < -0.3 is 10.4 Å². The van der Waals surface area contributed by atoms with Gasteiger partial charge in [0.25, 0.3) is 23.6 Å². The Morgan fingerprint density at radius 3 is 1.81 bits per heavy atom. The number of nitrogens with zero attached hydrogens (tertiary/aromatic N) is 2. The number of imide groups is 2. The Balaban J connectivity index is 1.59. The lowest BCUT2D eigenvalue weighted by Gasteiger charge is -2.30. The van der Waals surface area contributed by atoms with E-state index in [2.05, 4.69) is 5.32 Å². The highest BCUT2D eigenvalue weighted by molar-refractivity contribution is 6.23. The lowest BCUT2D eigenvalue weighted by atomic mass is 9.98. The molecule has 1 saturated heterocycles. The van der Waals surface area contributed by atoms with E-state index in [4.69, 9.17) is 0 Å². The first kappa shape index (κ1) is 19.3. The molecular formula is C23H19N3O5. The highest BCUT2D eigenvalue weighted by Crippen LogP contribution is 2.32. The molecule has 0 saturated carbocycles. The van der Waals surface area contributed by atoms with Gasteiger partial charge in [-0.25, -0.2) is 4.90 Å². The summed E-state index contributed by atoms with van der Waals surface area (Å²) in [5, 5.41) is 13.7. The molecule has 3 heterocycles. The second kappa shape index (κ2) is 7.26. The molecule has 1 unspecified atom stereocenters. The van der Waals surface area contributed by atoms with E-state index < -0.39 is 29.7 Å². The van der Waals surface area contributed by atoms with Gasteiger partial charge in [-0.05, 0) is 42.8 Å². The predicted octanol–water partition coefficient (Wildman–Crippen LogP) is 1.19. The van der Waals surface area contributed by atoms with Crippen molar-refractivity contribution in [3.05, 3.63) is 82.1 Å². The number of aliphatic hydroxyl groups excluding tert-OH is 1. The molecule has 156 valence electrons. The van der Waals surface area contributed by atoms with E-state index in [9.17, 15) is 24.3 Å². The second-order valence-corrected chi connectivity index (χ2v) is 7.68. The van der Waals surface area contributed by atoms with Crippen LogP contribution in [0.2, 0.25) is 0 Å². The maximum atomic E-state index is 13.1. The summed E-state index contributed by atoms with van der Waals surface area (Å²) in [4.78, 5) is 54.2. The number of hydrogen-bond acceptors (Lipinski definition) is 6. The summed E-state index contributed by atoms with van der Waals surface area (Å²) in [6.45, 7) is 0.523. The minimum Gasteiger partial charge on any atom is -0.387 e. The van der Waals surface area contributed by atoms with Crippen LogP contribution in [0.3, 0.4) is 0 Å². The fourth-order valence-corrected chi connectivity index (χ4v) is 4.37. The number of hydrogen-bond donors (Lipinski definition) is 2. The van der Waals surface area contributed by atoms with Crippen LogP contribution in [-0.4, -0.2) is 64.3 Å². The Morgan fingerprint density at radius 1 is 0.839 bits per heavy atom. The fourth-order valence-electron chi connectivity index (χ4n) is 4.37. The number of carbonyl (C=O) groups is 4. The Kier molecular flexibility index (Phi) is 4.53. The molecule has 0 aromatic heterocycles. The fraction of sp³-hybridized carbons (Fsp3) is 0.217. The van der Waals surface area contributed by atoms with Gasteiger partial charge in [-0.2, -0.15) is 0 Å². The summed E-state index contributed by atoms with van der Waals surface area (Å²) in [5.74, 6) is -2.02. The molecule has 3 aliphatic rings. The summed E-state index contributed by atoms with van der Waals surface area (Å²) in [7, 11) is 0. The Labute approximate surface area is 177 Å². The third-order valence-electron chi connectivity index (χ3n) is 5.93. The molecule has 0 bridgehead atoms. The molecule has 3 aliphatic heterocycles. The van der Waals surface area contributed by atoms with Crippen LogP contribution in [-0.2, 0) is 0 Å². The molecule has 2 N–H and O–H groups in total. The second-order valence-electron chi connectivity index (χ2n) is 7.68. The topological polar surface area (TPSA) is 107 Å². The minimum atomic E-state index is -0.941. The van der Waals surface area contributed by atoms with Crippen molar-refractivity contribution in [1.29, 1.82) is 0 Å². The van der Waals surface area contributed by atoms with E-state index in [-0.39, 0.29) is 41.0 Å². The van der Waals surface area contributed by atoms with Gasteiger partial charge in [-0.15, -0.1) is 0 Å². The van der Waals surface area contributed by atoms with Crippen molar-refractivity contribution in [1.82, 2.24) is 15.1 Å². The van der Waals surface area contributed by atoms with E-state index in [1.807, 2.05) is 0 Å². The molecule has 2 aromatic carbocycles. The van der Waals surface area contributed by atoms with Crippen LogP contribution in [0.4, 0.5) is 0 Å². The molecule has 2 aromatic rings. The van der Waals surface area contributed by atoms with E-state index >= 15 is 0 Å². The quantitative estimate of drug-likeness (QED) is 0.727. The smallest absolute Gasteiger partial charge is 0.265 e. The molecule has 5 rings (SSSR count). The summed E-state index contributed by atoms with van der Waals surface area (Å²) in [6.07, 6.45) is -0.559. The first-order valence-electron chi connectivity index (χ1n) is 10.0. The van der Waals surface area contributed by atoms with E-state index in [1.165, 1.54) is 0 Å². The Hall–Kier alpha value is -3.62. The number of fused-ring (bicyclic) bond motifs is 2. The molecule has 4 amide bonds. The van der Waals surface area contributed by atoms with Gasteiger partial charge >= 0.3 is 0 Å². The standard InChI is InChI=1S/C23H19N3O5/c27-19-11-24-10-9-17(19)18(26-22(30)15-7-3-4-8-16(15)23(26)31)12-25-20(28)13-5-1-2-6-14(13)21(25)29/h1-8,19,24,27H,9-12H2/b18-17+. The van der Waals surface area contributed by atoms with Crippen LogP contribution in [0.15, 0.2) is 59.8 Å². The monoisotopic (exact) mass is 417 g/mol. The number of carbonyl (C=O) groups excluding carboxylic acids is 4. The number of benzene rings is 2. The average molecular weight is 417 g/mol. The van der Waals surface area contributed by atoms with Crippen molar-refractivity contribution in [2.45, 2.75) is 12.5 Å². The van der Waals surface area contributed by atoms with Crippen molar-refractivity contribution in [2.75, 3.05) is 19.6 Å². The maximum Gasteiger partial charge on any atom is 0.265 e. The SMILES string of the molecule is O=C1c2ccccc2C(=O)N1C/C(=C1/CCNCC1O)N1C(=O)c2ccccc2C1=O. The first-order valence-corrected chi connectivity index (χ1v) is 10.0. The number of β-amino-alcohol motifs (C(OH)–C–C–N with tert-alkyl or cyclic N) is 1. The predicted molar refractivity (Wildman–Crippen MR) is 109 cm³/mol. The lowest BCUT2D eigenvalue weighted by molar-refractivity contribution is 0.0600. The van der Waals surface area contributed by atoms with Crippen molar-refractivity contribution in [3.63, 3.8) is 0 Å². The van der Waals surface area contributed by atoms with Crippen molar-refractivity contribution in [2.24, 2.45) is 0 Å². The highest BCUT2D eigenvalue weighted by Gasteiger charge is 2.43. The minimum absolute atomic E-state index is 0.190. The van der Waals surface area contributed by atoms with E-state index in [0.717, 1.165) is 9.80 Å². The molecule has 0 radical (unpaired) electrons. The average Bonchev–Trinajstić information content (AvgIpc) is 3.18. The number of piperidine rings is 1. The third kappa shape index (κ3) is 2.91. The van der Waals surface area contributed by atoms with Gasteiger partial charge in [-0.3, -0.25) is 24.1 Å². The number of amides is 4. The molecule has 8 nitrogen and oxygen atoms in total. The zero-order valence-electron chi connectivity index (χ0n) is 16.5. The molecule has 0 aliphatic carbocycles. The summed E-state index contributed by atoms with van der Waals surface area (Å²) in [6, 6.07) is 13.0. The summed E-state index contributed by atoms with van der Waals surface area (Å²) in [5.41, 5.74) is 1.75. The molecule has 8 heteroatoms. The highest BCUT2D eigenvalue weighted by atomic mass is 16.3. The van der Waals surface area contributed by atoms with Crippen LogP contribution < -0.4 is 5.32 Å². The van der Waals surface area contributed by atoms with Crippen molar-refractivity contribution < 1.29 is 24.3 Å². The van der Waals surface area contributed by atoms with Crippen molar-refractivity contribution >= 4 is 23.6 Å². The first-order chi connectivity index (χ1) is 15.0. The van der Waals surface area contributed by atoms with Gasteiger partial charge in [0, 0.05) is 6.54 Å². The van der Waals surface area contributed by atoms with Gasteiger partial charge in [-0.1, -0.05) is 24.3 Å². The number of nitrogens with one attached hydrogen (secondary N) is 1. The molecule has 1 fully saturated rings. The van der Waals surface area contributed by atoms with Crippen LogP contribution in [0, 0.1) is 0 Å². The molecule has 1 atom stereocenters. The third-order valence-corrected chi connectivity index (χ3v) is 5.93. The van der Waals surface area contributed by atoms with Gasteiger partial charge in [0.15, 0.2) is 0 Å². The van der Waals surface area contributed by atoms with Gasteiger partial charge in [0.2, 0.25) is 0 Å². The van der Waals surface area contributed by atoms with Crippen LogP contribution >= 0.6 is 0 Å². The summed E-state index contributed by atoms with van der Waals surface area (Å²) < 4.78 is 0. The van der Waals surface area contributed by atoms with E-state index in [1.54, 1.807) is 48.5 Å². The largest absolute Gasteiger partial charge is 0.387 e. The van der Waals surface area contributed by atoms with E-state index in [0.29, 0.717) is 18.5 Å². The normalized spacial score (nSPS) is 22.2.